The first-order valence-corrected chi connectivity index (χ1v) is 7.40. The van der Waals surface area contributed by atoms with E-state index in [0.717, 1.165) is 21.3 Å². The fraction of sp³-hybridized carbons (Fsp3) is 0.250. The second kappa shape index (κ2) is 6.91. The summed E-state index contributed by atoms with van der Waals surface area (Å²) in [5, 5.41) is 3.31. The summed E-state index contributed by atoms with van der Waals surface area (Å²) in [5.41, 5.74) is 8.86. The molecule has 0 aliphatic heterocycles. The molecule has 0 aliphatic carbocycles. The molecule has 0 aromatic heterocycles. The zero-order valence-corrected chi connectivity index (χ0v) is 13.6. The predicted molar refractivity (Wildman–Crippen MR) is 87.2 cm³/mol. The molecule has 2 aromatic carbocycles. The minimum Gasteiger partial charge on any atom is -0.494 e. The molecule has 0 radical (unpaired) electrons. The van der Waals surface area contributed by atoms with E-state index < -0.39 is 0 Å². The van der Waals surface area contributed by atoms with Gasteiger partial charge in [0.05, 0.1) is 13.2 Å². The Morgan fingerprint density at radius 1 is 1.29 bits per heavy atom. The van der Waals surface area contributed by atoms with Gasteiger partial charge in [-0.2, -0.15) is 0 Å². The highest BCUT2D eigenvalue weighted by molar-refractivity contribution is 9.10. The number of halogens is 2. The maximum Gasteiger partial charge on any atom is 0.165 e. The number of rotatable bonds is 5. The van der Waals surface area contributed by atoms with Gasteiger partial charge < -0.3 is 15.8 Å². The lowest BCUT2D eigenvalue weighted by atomic mass is 10.0. The molecule has 5 heteroatoms. The van der Waals surface area contributed by atoms with Gasteiger partial charge in [0.15, 0.2) is 11.6 Å². The first-order valence-electron chi connectivity index (χ1n) is 6.61. The molecule has 0 fully saturated rings. The smallest absolute Gasteiger partial charge is 0.165 e. The van der Waals surface area contributed by atoms with Gasteiger partial charge in [0, 0.05) is 22.8 Å². The third-order valence-corrected chi connectivity index (χ3v) is 4.20. The van der Waals surface area contributed by atoms with Crippen molar-refractivity contribution in [1.29, 1.82) is 0 Å². The Bertz CT molecular complexity index is 634. The van der Waals surface area contributed by atoms with Gasteiger partial charge in [-0.15, -0.1) is 0 Å². The molecule has 21 heavy (non-hydrogen) atoms. The monoisotopic (exact) mass is 352 g/mol. The number of anilines is 1. The van der Waals surface area contributed by atoms with E-state index in [0.29, 0.717) is 6.54 Å². The van der Waals surface area contributed by atoms with Crippen LogP contribution in [0, 0.1) is 12.7 Å². The summed E-state index contributed by atoms with van der Waals surface area (Å²) in [7, 11) is 1.45. The summed E-state index contributed by atoms with van der Waals surface area (Å²) >= 11 is 3.48. The van der Waals surface area contributed by atoms with Gasteiger partial charge in [0.1, 0.15) is 0 Å². The minimum absolute atomic E-state index is 0.0491. The second-order valence-corrected chi connectivity index (χ2v) is 5.64. The van der Waals surface area contributed by atoms with Crippen molar-refractivity contribution in [3.63, 3.8) is 0 Å². The molecule has 3 nitrogen and oxygen atoms in total. The summed E-state index contributed by atoms with van der Waals surface area (Å²) in [6.45, 7) is 2.46. The van der Waals surface area contributed by atoms with Gasteiger partial charge in [-0.3, -0.25) is 0 Å². The number of aryl methyl sites for hydroxylation is 1. The van der Waals surface area contributed by atoms with E-state index in [2.05, 4.69) is 27.3 Å². The van der Waals surface area contributed by atoms with Crippen molar-refractivity contribution in [2.75, 3.05) is 19.0 Å². The number of hydrogen-bond donors (Lipinski definition) is 2. The molecule has 112 valence electrons. The lowest BCUT2D eigenvalue weighted by molar-refractivity contribution is 0.386. The third-order valence-electron chi connectivity index (χ3n) is 3.31. The van der Waals surface area contributed by atoms with Gasteiger partial charge in [-0.1, -0.05) is 28.1 Å². The standard InChI is InChI=1S/C16H18BrFN2O/c1-10-7-11(3-5-13(10)17)15(9-19)20-12-4-6-14(18)16(8-12)21-2/h3-8,15,20H,9,19H2,1-2H3. The van der Waals surface area contributed by atoms with E-state index in [4.69, 9.17) is 10.5 Å². The Morgan fingerprint density at radius 2 is 2.05 bits per heavy atom. The average molecular weight is 353 g/mol. The van der Waals surface area contributed by atoms with E-state index >= 15 is 0 Å². The van der Waals surface area contributed by atoms with E-state index in [-0.39, 0.29) is 17.6 Å². The quantitative estimate of drug-likeness (QED) is 0.854. The van der Waals surface area contributed by atoms with Gasteiger partial charge in [-0.05, 0) is 36.2 Å². The van der Waals surface area contributed by atoms with Crippen LogP contribution in [-0.2, 0) is 0 Å². The number of ether oxygens (including phenoxy) is 1. The lowest BCUT2D eigenvalue weighted by Gasteiger charge is -2.20. The number of nitrogens with two attached hydrogens (primary N) is 1. The largest absolute Gasteiger partial charge is 0.494 e. The molecule has 0 bridgehead atoms. The van der Waals surface area contributed by atoms with Crippen molar-refractivity contribution in [1.82, 2.24) is 0 Å². The Hall–Kier alpha value is -1.59. The SMILES string of the molecule is COc1cc(NC(CN)c2ccc(Br)c(C)c2)ccc1F. The molecule has 1 atom stereocenters. The lowest BCUT2D eigenvalue weighted by Crippen LogP contribution is -2.20. The Labute approximate surface area is 132 Å². The molecule has 0 heterocycles. The van der Waals surface area contributed by atoms with Crippen LogP contribution in [0.4, 0.5) is 10.1 Å². The Kier molecular flexibility index (Phi) is 5.20. The fourth-order valence-corrected chi connectivity index (χ4v) is 2.36. The Morgan fingerprint density at radius 3 is 2.67 bits per heavy atom. The van der Waals surface area contributed by atoms with E-state index in [1.165, 1.54) is 13.2 Å². The summed E-state index contributed by atoms with van der Waals surface area (Å²) < 4.78 is 19.5. The van der Waals surface area contributed by atoms with Crippen molar-refractivity contribution in [2.24, 2.45) is 5.73 Å². The highest BCUT2D eigenvalue weighted by Gasteiger charge is 2.12. The molecule has 2 aromatic rings. The molecule has 3 N–H and O–H groups in total. The number of hydrogen-bond acceptors (Lipinski definition) is 3. The van der Waals surface area contributed by atoms with Crippen LogP contribution < -0.4 is 15.8 Å². The highest BCUT2D eigenvalue weighted by atomic mass is 79.9. The number of nitrogens with one attached hydrogen (secondary N) is 1. The van der Waals surface area contributed by atoms with Gasteiger partial charge >= 0.3 is 0 Å². The zero-order valence-electron chi connectivity index (χ0n) is 12.0. The number of methoxy groups -OCH3 is 1. The average Bonchev–Trinajstić information content (AvgIpc) is 2.49. The molecule has 0 saturated carbocycles. The predicted octanol–water partition coefficient (Wildman–Crippen LogP) is 4.02. The van der Waals surface area contributed by atoms with Crippen molar-refractivity contribution in [3.8, 4) is 5.75 Å². The molecular formula is C16H18BrFN2O. The molecule has 2 rings (SSSR count). The van der Waals surface area contributed by atoms with Gasteiger partial charge in [0.2, 0.25) is 0 Å². The van der Waals surface area contributed by atoms with Crippen LogP contribution in [0.3, 0.4) is 0 Å². The Balaban J connectivity index is 2.24. The molecule has 0 aliphatic rings. The number of benzene rings is 2. The van der Waals surface area contributed by atoms with Crippen molar-refractivity contribution >= 4 is 21.6 Å². The van der Waals surface area contributed by atoms with E-state index in [1.807, 2.05) is 19.1 Å². The van der Waals surface area contributed by atoms with Gasteiger partial charge in [0.25, 0.3) is 0 Å². The normalized spacial score (nSPS) is 12.0. The zero-order chi connectivity index (χ0) is 15.4. The van der Waals surface area contributed by atoms with Crippen LogP contribution in [0.15, 0.2) is 40.9 Å². The van der Waals surface area contributed by atoms with Gasteiger partial charge in [-0.25, -0.2) is 4.39 Å². The van der Waals surface area contributed by atoms with Crippen LogP contribution in [0.5, 0.6) is 5.75 Å². The fourth-order valence-electron chi connectivity index (χ4n) is 2.11. The first kappa shape index (κ1) is 15.8. The van der Waals surface area contributed by atoms with Crippen LogP contribution in [0.1, 0.15) is 17.2 Å². The van der Waals surface area contributed by atoms with Crippen LogP contribution in [-0.4, -0.2) is 13.7 Å². The van der Waals surface area contributed by atoms with E-state index in [9.17, 15) is 4.39 Å². The maximum absolute atomic E-state index is 13.4. The topological polar surface area (TPSA) is 47.3 Å². The molecule has 0 amide bonds. The molecular weight excluding hydrogens is 335 g/mol. The van der Waals surface area contributed by atoms with Crippen LogP contribution >= 0.6 is 15.9 Å². The van der Waals surface area contributed by atoms with Crippen LogP contribution in [0.2, 0.25) is 0 Å². The highest BCUT2D eigenvalue weighted by Crippen LogP contribution is 2.26. The molecule has 1 unspecified atom stereocenters. The summed E-state index contributed by atoms with van der Waals surface area (Å²) in [6.07, 6.45) is 0. The van der Waals surface area contributed by atoms with Crippen molar-refractivity contribution in [3.05, 3.63) is 57.8 Å². The van der Waals surface area contributed by atoms with Crippen molar-refractivity contribution < 1.29 is 9.13 Å². The summed E-state index contributed by atoms with van der Waals surface area (Å²) in [6, 6.07) is 10.7. The maximum atomic E-state index is 13.4. The van der Waals surface area contributed by atoms with Crippen LogP contribution in [0.25, 0.3) is 0 Å². The van der Waals surface area contributed by atoms with E-state index in [1.54, 1.807) is 12.1 Å². The first-order chi connectivity index (χ1) is 10.0. The molecule has 0 saturated heterocycles. The summed E-state index contributed by atoms with van der Waals surface area (Å²) in [5.74, 6) is -0.172. The second-order valence-electron chi connectivity index (χ2n) is 4.79. The molecule has 0 spiro atoms. The summed E-state index contributed by atoms with van der Waals surface area (Å²) in [4.78, 5) is 0. The van der Waals surface area contributed by atoms with Crippen molar-refractivity contribution in [2.45, 2.75) is 13.0 Å². The third kappa shape index (κ3) is 3.74. The minimum atomic E-state index is -0.383.